The Kier molecular flexibility index (Phi) is 12.3. The maximum Gasteiger partial charge on any atom is 3.00 e. The summed E-state index contributed by atoms with van der Waals surface area (Å²) in [7, 11) is 3.72. The standard InChI is InChI=1S/C16H18N2.CH3.Ir.H2O/c1-17-15(13-9-5-3-6-10-13)16(18-2)14-11-7-4-8-12-14;;;/h3-12,15-16H,1-2H3;1H3;;1H2/q-2;-1;+3;/t15-,16-;;;/m1.../s1. The SMILES string of the molecule is C[N-][C@H](c1ccccc1)[C@H]([N-]C)c1ccccc1.O.[CH3-].[Ir+3]. The molecule has 2 aromatic carbocycles. The van der Waals surface area contributed by atoms with Gasteiger partial charge in [0, 0.05) is 0 Å². The minimum absolute atomic E-state index is 0. The molecule has 0 aliphatic rings. The van der Waals surface area contributed by atoms with Crippen LogP contribution in [0.25, 0.3) is 10.6 Å². The van der Waals surface area contributed by atoms with Gasteiger partial charge in [-0.1, -0.05) is 71.8 Å². The minimum Gasteiger partial charge on any atom is -0.659 e. The van der Waals surface area contributed by atoms with Crippen molar-refractivity contribution in [3.05, 3.63) is 89.9 Å². The second-order valence-electron chi connectivity index (χ2n) is 4.23. The molecule has 21 heavy (non-hydrogen) atoms. The minimum atomic E-state index is 0. The van der Waals surface area contributed by atoms with Crippen molar-refractivity contribution in [1.29, 1.82) is 0 Å². The number of likely N-dealkylation sites (N-methyl/N-ethyl adjacent to an activating group) is 2. The summed E-state index contributed by atoms with van der Waals surface area (Å²) in [4.78, 5) is 0. The molecule has 2 N–H and O–H groups in total. The van der Waals surface area contributed by atoms with Crippen LogP contribution in [-0.4, -0.2) is 19.6 Å². The van der Waals surface area contributed by atoms with E-state index in [9.17, 15) is 0 Å². The average Bonchev–Trinajstić information content (AvgIpc) is 2.46. The number of hydrogen-bond acceptors (Lipinski definition) is 0. The first kappa shape index (κ1) is 22.3. The quantitative estimate of drug-likeness (QED) is 0.600. The van der Waals surface area contributed by atoms with Gasteiger partial charge in [-0.2, -0.15) is 14.1 Å². The van der Waals surface area contributed by atoms with Crippen LogP contribution in [0.1, 0.15) is 23.2 Å². The Morgan fingerprint density at radius 2 is 0.952 bits per heavy atom. The van der Waals surface area contributed by atoms with E-state index in [1.165, 1.54) is 11.1 Å². The predicted octanol–water partition coefficient (Wildman–Crippen LogP) is 4.10. The van der Waals surface area contributed by atoms with E-state index < -0.39 is 0 Å². The van der Waals surface area contributed by atoms with Gasteiger partial charge in [0.1, 0.15) is 0 Å². The van der Waals surface area contributed by atoms with Crippen molar-refractivity contribution in [3.8, 4) is 0 Å². The summed E-state index contributed by atoms with van der Waals surface area (Å²) in [5.74, 6) is 0. The molecule has 0 saturated carbocycles. The third-order valence-electron chi connectivity index (χ3n) is 3.14. The summed E-state index contributed by atoms with van der Waals surface area (Å²) >= 11 is 0. The molecule has 0 aliphatic carbocycles. The molecule has 116 valence electrons. The van der Waals surface area contributed by atoms with E-state index in [0.29, 0.717) is 0 Å². The van der Waals surface area contributed by atoms with E-state index in [1.54, 1.807) is 0 Å². The largest absolute Gasteiger partial charge is 3.00 e. The first-order valence-electron chi connectivity index (χ1n) is 6.14. The van der Waals surface area contributed by atoms with Crippen LogP contribution in [0.4, 0.5) is 0 Å². The van der Waals surface area contributed by atoms with Crippen LogP contribution in [0.2, 0.25) is 0 Å². The van der Waals surface area contributed by atoms with Gasteiger partial charge in [-0.3, -0.25) is 0 Å². The van der Waals surface area contributed by atoms with Crippen LogP contribution in [0, 0.1) is 7.43 Å². The zero-order valence-electron chi connectivity index (χ0n) is 12.7. The maximum absolute atomic E-state index is 4.51. The molecule has 0 saturated heterocycles. The Bertz CT molecular complexity index is 419. The van der Waals surface area contributed by atoms with Crippen molar-refractivity contribution < 1.29 is 25.6 Å². The molecule has 0 heterocycles. The maximum atomic E-state index is 4.51. The topological polar surface area (TPSA) is 59.7 Å². The Hall–Kier alpha value is -1.03. The first-order valence-corrected chi connectivity index (χ1v) is 6.14. The van der Waals surface area contributed by atoms with E-state index in [2.05, 4.69) is 34.9 Å². The smallest absolute Gasteiger partial charge is 0.659 e. The molecule has 3 nitrogen and oxygen atoms in total. The average molecular weight is 464 g/mol. The van der Waals surface area contributed by atoms with Gasteiger partial charge in [-0.15, -0.1) is 12.1 Å². The van der Waals surface area contributed by atoms with Gasteiger partial charge < -0.3 is 23.5 Å². The number of hydrogen-bond donors (Lipinski definition) is 0. The van der Waals surface area contributed by atoms with Crippen LogP contribution in [0.5, 0.6) is 0 Å². The monoisotopic (exact) mass is 464 g/mol. The van der Waals surface area contributed by atoms with E-state index >= 15 is 0 Å². The summed E-state index contributed by atoms with van der Waals surface area (Å²) in [5, 5.41) is 9.02. The van der Waals surface area contributed by atoms with Crippen LogP contribution in [0.3, 0.4) is 0 Å². The summed E-state index contributed by atoms with van der Waals surface area (Å²) < 4.78 is 0. The molecule has 0 aliphatic heterocycles. The zero-order valence-corrected chi connectivity index (χ0v) is 15.1. The zero-order chi connectivity index (χ0) is 12.8. The third kappa shape index (κ3) is 5.70. The second-order valence-corrected chi connectivity index (χ2v) is 4.23. The predicted molar refractivity (Wildman–Crippen MR) is 87.0 cm³/mol. The molecular weight excluding hydrogens is 440 g/mol. The van der Waals surface area contributed by atoms with Crippen LogP contribution >= 0.6 is 0 Å². The molecule has 0 fully saturated rings. The second kappa shape index (κ2) is 11.6. The summed E-state index contributed by atoms with van der Waals surface area (Å²) in [6.45, 7) is 0. The van der Waals surface area contributed by atoms with Crippen LogP contribution < -0.4 is 0 Å². The third-order valence-corrected chi connectivity index (χ3v) is 3.14. The van der Waals surface area contributed by atoms with E-state index in [0.717, 1.165) is 0 Å². The van der Waals surface area contributed by atoms with Crippen LogP contribution in [0.15, 0.2) is 60.7 Å². The Morgan fingerprint density at radius 3 is 1.19 bits per heavy atom. The van der Waals surface area contributed by atoms with Gasteiger partial charge in [-0.25, -0.2) is 0 Å². The molecule has 0 unspecified atom stereocenters. The number of benzene rings is 2. The van der Waals surface area contributed by atoms with Crippen molar-refractivity contribution in [2.24, 2.45) is 0 Å². The van der Waals surface area contributed by atoms with Gasteiger partial charge in [0.15, 0.2) is 0 Å². The summed E-state index contributed by atoms with van der Waals surface area (Å²) in [6, 6.07) is 20.8. The molecule has 0 amide bonds. The molecule has 0 aromatic heterocycles. The molecular formula is C17H23IrN2O. The summed E-state index contributed by atoms with van der Waals surface area (Å²) in [6.07, 6.45) is 0. The van der Waals surface area contributed by atoms with Crippen molar-refractivity contribution >= 4 is 0 Å². The van der Waals surface area contributed by atoms with E-state index in [4.69, 9.17) is 0 Å². The van der Waals surface area contributed by atoms with Crippen molar-refractivity contribution in [2.45, 2.75) is 12.1 Å². The van der Waals surface area contributed by atoms with Crippen LogP contribution in [-0.2, 0) is 20.1 Å². The van der Waals surface area contributed by atoms with Crippen molar-refractivity contribution in [2.75, 3.05) is 14.1 Å². The molecule has 0 bridgehead atoms. The van der Waals surface area contributed by atoms with Crippen molar-refractivity contribution in [1.82, 2.24) is 0 Å². The molecule has 2 rings (SSSR count). The molecule has 2 aromatic rings. The van der Waals surface area contributed by atoms with Gasteiger partial charge in [-0.05, 0) is 0 Å². The normalized spacial score (nSPS) is 12.1. The fourth-order valence-electron chi connectivity index (χ4n) is 2.25. The fourth-order valence-corrected chi connectivity index (χ4v) is 2.25. The van der Waals surface area contributed by atoms with E-state index in [-0.39, 0.29) is 45.1 Å². The number of nitrogens with zero attached hydrogens (tertiary/aromatic N) is 2. The Morgan fingerprint density at radius 1 is 0.667 bits per heavy atom. The van der Waals surface area contributed by atoms with Gasteiger partial charge in [0.25, 0.3) is 0 Å². The van der Waals surface area contributed by atoms with E-state index in [1.807, 2.05) is 50.5 Å². The summed E-state index contributed by atoms with van der Waals surface area (Å²) in [5.41, 5.74) is 2.42. The fraction of sp³-hybridized carbons (Fsp3) is 0.235. The Balaban J connectivity index is 0. The Labute approximate surface area is 141 Å². The molecule has 2 atom stereocenters. The van der Waals surface area contributed by atoms with Gasteiger partial charge in [0.2, 0.25) is 0 Å². The first-order chi connectivity index (χ1) is 8.86. The van der Waals surface area contributed by atoms with Gasteiger partial charge in [0.05, 0.1) is 0 Å². The molecule has 0 spiro atoms. The van der Waals surface area contributed by atoms with Crippen molar-refractivity contribution in [3.63, 3.8) is 0 Å². The molecule has 4 heteroatoms. The number of rotatable bonds is 5. The molecule has 0 radical (unpaired) electrons. The van der Waals surface area contributed by atoms with Gasteiger partial charge >= 0.3 is 20.1 Å².